The molecule has 9 heteroatoms. The van der Waals surface area contributed by atoms with Crippen LogP contribution in [0.25, 0.3) is 0 Å². The van der Waals surface area contributed by atoms with Gasteiger partial charge in [-0.25, -0.2) is 4.98 Å². The van der Waals surface area contributed by atoms with Gasteiger partial charge in [-0.2, -0.15) is 5.10 Å². The van der Waals surface area contributed by atoms with Crippen molar-refractivity contribution in [2.24, 2.45) is 23.0 Å². The van der Waals surface area contributed by atoms with Crippen molar-refractivity contribution in [2.75, 3.05) is 0 Å². The average molecular weight is 402 g/mol. The molecule has 28 heavy (non-hydrogen) atoms. The van der Waals surface area contributed by atoms with Crippen LogP contribution in [0.1, 0.15) is 25.3 Å². The van der Waals surface area contributed by atoms with Crippen LogP contribution in [0.5, 0.6) is 0 Å². The second-order valence-electron chi connectivity index (χ2n) is 7.80. The van der Waals surface area contributed by atoms with Gasteiger partial charge >= 0.3 is 11.9 Å². The molecule has 5 atom stereocenters. The van der Waals surface area contributed by atoms with Gasteiger partial charge in [0.25, 0.3) is 0 Å². The number of thioether (sulfide) groups is 1. The van der Waals surface area contributed by atoms with Crippen molar-refractivity contribution in [3.63, 3.8) is 0 Å². The number of aliphatic carboxylic acids is 2. The average Bonchev–Trinajstić information content (AvgIpc) is 3.01. The third kappa shape index (κ3) is 2.49. The van der Waals surface area contributed by atoms with Gasteiger partial charge < -0.3 is 15.9 Å². The van der Waals surface area contributed by atoms with Gasteiger partial charge in [-0.3, -0.25) is 14.7 Å². The number of H-pyrrole nitrogens is 1. The first-order valence-corrected chi connectivity index (χ1v) is 9.96. The Balaban J connectivity index is 1.84. The maximum atomic E-state index is 12.3. The molecule has 2 aliphatic rings. The summed E-state index contributed by atoms with van der Waals surface area (Å²) in [5.41, 5.74) is 4.67. The highest BCUT2D eigenvalue weighted by atomic mass is 32.2. The number of hydrogen-bond donors (Lipinski definition) is 4. The first-order chi connectivity index (χ1) is 13.3. The minimum absolute atomic E-state index is 0.167. The van der Waals surface area contributed by atoms with Crippen LogP contribution >= 0.6 is 11.8 Å². The molecule has 5 N–H and O–H groups in total. The van der Waals surface area contributed by atoms with E-state index >= 15 is 0 Å². The Bertz CT molecular complexity index is 908. The number of benzene rings is 1. The van der Waals surface area contributed by atoms with Crippen LogP contribution in [0.2, 0.25) is 0 Å². The molecule has 0 spiro atoms. The number of carboxylic acid groups (broad SMARTS) is 2. The van der Waals surface area contributed by atoms with Crippen LogP contribution in [0.4, 0.5) is 0 Å². The zero-order valence-electron chi connectivity index (χ0n) is 15.3. The topological polar surface area (TPSA) is 142 Å². The van der Waals surface area contributed by atoms with Gasteiger partial charge in [-0.1, -0.05) is 49.0 Å². The van der Waals surface area contributed by atoms with Crippen molar-refractivity contribution in [3.8, 4) is 0 Å². The van der Waals surface area contributed by atoms with Crippen molar-refractivity contribution in [2.45, 2.75) is 41.6 Å². The third-order valence-corrected chi connectivity index (χ3v) is 7.81. The maximum Gasteiger partial charge on any atom is 0.324 e. The number of nitrogens with two attached hydrogens (primary N) is 1. The van der Waals surface area contributed by atoms with Crippen molar-refractivity contribution < 1.29 is 19.8 Å². The van der Waals surface area contributed by atoms with Gasteiger partial charge in [0, 0.05) is 10.7 Å². The second-order valence-corrected chi connectivity index (χ2v) is 9.20. The molecular weight excluding hydrogens is 380 g/mol. The minimum Gasteiger partial charge on any atom is -0.481 e. The molecule has 0 unspecified atom stereocenters. The van der Waals surface area contributed by atoms with E-state index in [2.05, 4.69) is 15.2 Å². The number of rotatable bonds is 7. The van der Waals surface area contributed by atoms with E-state index in [0.717, 1.165) is 5.56 Å². The van der Waals surface area contributed by atoms with Crippen LogP contribution in [-0.2, 0) is 16.0 Å². The third-order valence-electron chi connectivity index (χ3n) is 6.47. The molecule has 148 valence electrons. The molecule has 2 saturated carbocycles. The molecule has 2 aromatic rings. The SMILES string of the molecule is CC[C@@]1(C(=O)O)[C@H]2[C@H]1[C@@](Cc1ccccc1)(Sc1ncn[nH]1)C[C@@]2(N)C(=O)O. The summed E-state index contributed by atoms with van der Waals surface area (Å²) in [5.74, 6) is -3.12. The Morgan fingerprint density at radius 1 is 1.25 bits per heavy atom. The number of aromatic amines is 1. The summed E-state index contributed by atoms with van der Waals surface area (Å²) in [5, 5.41) is 27.2. The normalized spacial score (nSPS) is 36.1. The lowest BCUT2D eigenvalue weighted by Gasteiger charge is -2.37. The van der Waals surface area contributed by atoms with Gasteiger partial charge in [0.2, 0.25) is 0 Å². The van der Waals surface area contributed by atoms with Gasteiger partial charge in [-0.05, 0) is 30.7 Å². The summed E-state index contributed by atoms with van der Waals surface area (Å²) in [7, 11) is 0. The fraction of sp³-hybridized carbons (Fsp3) is 0.474. The Kier molecular flexibility index (Phi) is 4.27. The zero-order valence-corrected chi connectivity index (χ0v) is 16.1. The minimum atomic E-state index is -1.60. The smallest absolute Gasteiger partial charge is 0.324 e. The molecule has 0 aliphatic heterocycles. The summed E-state index contributed by atoms with van der Waals surface area (Å²) in [6.07, 6.45) is 2.38. The van der Waals surface area contributed by atoms with Gasteiger partial charge in [0.15, 0.2) is 5.16 Å². The summed E-state index contributed by atoms with van der Waals surface area (Å²) in [4.78, 5) is 28.6. The number of fused-ring (bicyclic) bond motifs is 1. The van der Waals surface area contributed by atoms with E-state index in [1.54, 1.807) is 6.92 Å². The second kappa shape index (κ2) is 6.31. The van der Waals surface area contributed by atoms with E-state index in [1.807, 2.05) is 30.3 Å². The highest BCUT2D eigenvalue weighted by Gasteiger charge is 2.86. The van der Waals surface area contributed by atoms with Crippen LogP contribution in [0, 0.1) is 17.3 Å². The molecule has 1 aromatic carbocycles. The van der Waals surface area contributed by atoms with Crippen molar-refractivity contribution in [1.29, 1.82) is 0 Å². The molecule has 0 bridgehead atoms. The summed E-state index contributed by atoms with van der Waals surface area (Å²) < 4.78 is -0.715. The van der Waals surface area contributed by atoms with Gasteiger partial charge in [-0.15, -0.1) is 0 Å². The molecule has 4 rings (SSSR count). The predicted octanol–water partition coefficient (Wildman–Crippen LogP) is 1.79. The van der Waals surface area contributed by atoms with Crippen LogP contribution in [0.15, 0.2) is 41.8 Å². The number of carbonyl (C=O) groups is 2. The Morgan fingerprint density at radius 2 is 1.96 bits per heavy atom. The lowest BCUT2D eigenvalue weighted by Crippen LogP contribution is -2.54. The van der Waals surface area contributed by atoms with E-state index in [0.29, 0.717) is 18.0 Å². The summed E-state index contributed by atoms with van der Waals surface area (Å²) >= 11 is 1.37. The first-order valence-electron chi connectivity index (χ1n) is 9.14. The van der Waals surface area contributed by atoms with Crippen molar-refractivity contribution in [3.05, 3.63) is 42.2 Å². The highest BCUT2D eigenvalue weighted by molar-refractivity contribution is 8.00. The molecule has 0 saturated heterocycles. The van der Waals surface area contributed by atoms with Crippen LogP contribution in [0.3, 0.4) is 0 Å². The molecule has 2 fully saturated rings. The predicted molar refractivity (Wildman–Crippen MR) is 102 cm³/mol. The fourth-order valence-electron chi connectivity index (χ4n) is 5.44. The first kappa shape index (κ1) is 18.9. The number of aromatic nitrogens is 3. The summed E-state index contributed by atoms with van der Waals surface area (Å²) in [6.45, 7) is 1.79. The van der Waals surface area contributed by atoms with Gasteiger partial charge in [0.05, 0.1) is 5.41 Å². The maximum absolute atomic E-state index is 12.3. The Hall–Kier alpha value is -2.39. The molecular formula is C19H22N4O4S. The number of hydrogen-bond acceptors (Lipinski definition) is 6. The standard InChI is InChI=1S/C19H22N4O4S/c1-2-18(14(24)25)12-13(18)19(20,15(26)27)9-17(12,28-16-21-10-22-23-16)8-11-6-4-3-5-7-11/h3-7,10,12-13H,2,8-9,20H2,1H3,(H,24,25)(H,26,27)(H,21,22,23)/t12-,13+,17-,18-,19-/m0/s1. The molecule has 8 nitrogen and oxygen atoms in total. The zero-order chi connectivity index (χ0) is 20.2. The number of nitrogens with one attached hydrogen (secondary N) is 1. The van der Waals surface area contributed by atoms with Crippen molar-refractivity contribution in [1.82, 2.24) is 15.2 Å². The Morgan fingerprint density at radius 3 is 2.50 bits per heavy atom. The molecule has 2 aliphatic carbocycles. The van der Waals surface area contributed by atoms with E-state index in [4.69, 9.17) is 5.73 Å². The molecule has 1 aromatic heterocycles. The van der Waals surface area contributed by atoms with Crippen molar-refractivity contribution >= 4 is 23.7 Å². The van der Waals surface area contributed by atoms with E-state index in [1.165, 1.54) is 18.1 Å². The number of carboxylic acids is 2. The van der Waals surface area contributed by atoms with E-state index in [-0.39, 0.29) is 12.3 Å². The highest BCUT2D eigenvalue weighted by Crippen LogP contribution is 2.78. The van der Waals surface area contributed by atoms with E-state index in [9.17, 15) is 19.8 Å². The van der Waals surface area contributed by atoms with Crippen LogP contribution < -0.4 is 5.73 Å². The lowest BCUT2D eigenvalue weighted by atomic mass is 9.77. The van der Waals surface area contributed by atoms with E-state index < -0.39 is 33.6 Å². The molecule has 0 amide bonds. The summed E-state index contributed by atoms with van der Waals surface area (Å²) in [6, 6.07) is 9.67. The van der Waals surface area contributed by atoms with Crippen LogP contribution in [-0.4, -0.2) is 47.6 Å². The monoisotopic (exact) mass is 402 g/mol. The largest absolute Gasteiger partial charge is 0.481 e. The molecule has 1 heterocycles. The van der Waals surface area contributed by atoms with Gasteiger partial charge in [0.1, 0.15) is 11.9 Å². The number of nitrogens with zero attached hydrogens (tertiary/aromatic N) is 2. The lowest BCUT2D eigenvalue weighted by molar-refractivity contribution is -0.149. The fourth-order valence-corrected chi connectivity index (χ4v) is 7.04. The molecule has 0 radical (unpaired) electrons. The Labute approximate surface area is 165 Å². The quantitative estimate of drug-likeness (QED) is 0.549.